The highest BCUT2D eigenvalue weighted by Gasteiger charge is 2.42. The molecule has 4 N–H and O–H groups in total. The van der Waals surface area contributed by atoms with Crippen LogP contribution in [0.15, 0.2) is 5.10 Å². The van der Waals surface area contributed by atoms with Crippen molar-refractivity contribution in [2.24, 2.45) is 16.8 Å². The molecule has 0 aromatic heterocycles. The van der Waals surface area contributed by atoms with Crippen molar-refractivity contribution in [1.29, 1.82) is 0 Å². The number of piperidine rings is 1. The summed E-state index contributed by atoms with van der Waals surface area (Å²) in [7, 11) is 0. The molecule has 0 aliphatic carbocycles. The predicted molar refractivity (Wildman–Crippen MR) is 141 cm³/mol. The maximum atomic E-state index is 12.4. The quantitative estimate of drug-likeness (QED) is 0.107. The third-order valence-corrected chi connectivity index (χ3v) is 7.08. The lowest BCUT2D eigenvalue weighted by atomic mass is 9.80. The lowest BCUT2D eigenvalue weighted by Crippen LogP contribution is -2.64. The van der Waals surface area contributed by atoms with Crippen molar-refractivity contribution >= 4 is 11.6 Å². The average molecular weight is 466 g/mol. The van der Waals surface area contributed by atoms with E-state index in [1.54, 1.807) is 0 Å². The van der Waals surface area contributed by atoms with Crippen LogP contribution in [0.1, 0.15) is 150 Å². The highest BCUT2D eigenvalue weighted by atomic mass is 16.2. The Hall–Kier alpha value is -0.980. The zero-order valence-electron chi connectivity index (χ0n) is 22.6. The van der Waals surface area contributed by atoms with E-state index in [4.69, 9.17) is 11.7 Å². The molecule has 0 saturated carbocycles. The molecule has 33 heavy (non-hydrogen) atoms. The number of rotatable bonds is 17. The number of carbonyl (C=O) groups excluding carboxylic acids is 1. The van der Waals surface area contributed by atoms with Crippen molar-refractivity contribution in [1.82, 2.24) is 10.1 Å². The van der Waals surface area contributed by atoms with Crippen LogP contribution >= 0.6 is 0 Å². The standard InChI is InChI=1S/C27H55N5O/c1-6-7-8-9-10-11-12-13-14-15-16-17-18-19-20-21-25(33)31(28)30-24-22-26(2,3)32(29)27(4,5)23-24/h6-23,28-29H2,1-5H3. The summed E-state index contributed by atoms with van der Waals surface area (Å²) in [5.41, 5.74) is 0.524. The van der Waals surface area contributed by atoms with Crippen LogP contribution in [0.5, 0.6) is 0 Å². The molecule has 1 aliphatic heterocycles. The van der Waals surface area contributed by atoms with Crippen LogP contribution in [0.3, 0.4) is 0 Å². The average Bonchev–Trinajstić information content (AvgIpc) is 2.74. The van der Waals surface area contributed by atoms with Crippen LogP contribution in [0.2, 0.25) is 0 Å². The monoisotopic (exact) mass is 465 g/mol. The molecule has 6 nitrogen and oxygen atoms in total. The fourth-order valence-electron chi connectivity index (χ4n) is 5.09. The van der Waals surface area contributed by atoms with E-state index < -0.39 is 0 Å². The minimum Gasteiger partial charge on any atom is -0.271 e. The summed E-state index contributed by atoms with van der Waals surface area (Å²) >= 11 is 0. The van der Waals surface area contributed by atoms with E-state index in [1.165, 1.54) is 83.5 Å². The van der Waals surface area contributed by atoms with Crippen LogP contribution in [0.25, 0.3) is 0 Å². The van der Waals surface area contributed by atoms with Crippen molar-refractivity contribution in [3.05, 3.63) is 0 Å². The Morgan fingerprint density at radius 3 is 1.55 bits per heavy atom. The van der Waals surface area contributed by atoms with Gasteiger partial charge in [0.25, 0.3) is 5.91 Å². The second-order valence-corrected chi connectivity index (χ2v) is 11.5. The molecule has 1 aliphatic rings. The second kappa shape index (κ2) is 15.8. The molecule has 0 aromatic carbocycles. The summed E-state index contributed by atoms with van der Waals surface area (Å²) in [5.74, 6) is 12.2. The predicted octanol–water partition coefficient (Wildman–Crippen LogP) is 6.83. The molecular formula is C27H55N5O. The van der Waals surface area contributed by atoms with Crippen LogP contribution in [-0.2, 0) is 4.79 Å². The lowest BCUT2D eigenvalue weighted by molar-refractivity contribution is -0.131. The number of nitrogens with two attached hydrogens (primary N) is 2. The molecule has 6 heteroatoms. The van der Waals surface area contributed by atoms with E-state index in [0.29, 0.717) is 19.3 Å². The van der Waals surface area contributed by atoms with Gasteiger partial charge in [0.15, 0.2) is 0 Å². The molecule has 194 valence electrons. The lowest BCUT2D eigenvalue weighted by Gasteiger charge is -2.50. The van der Waals surface area contributed by atoms with E-state index in [1.807, 2.05) is 5.01 Å². The van der Waals surface area contributed by atoms with Crippen molar-refractivity contribution < 1.29 is 4.79 Å². The van der Waals surface area contributed by atoms with Gasteiger partial charge in [-0.25, -0.2) is 10.9 Å². The fourth-order valence-corrected chi connectivity index (χ4v) is 5.09. The van der Waals surface area contributed by atoms with Gasteiger partial charge >= 0.3 is 0 Å². The maximum Gasteiger partial charge on any atom is 0.257 e. The van der Waals surface area contributed by atoms with Crippen molar-refractivity contribution in [2.75, 3.05) is 0 Å². The summed E-state index contributed by atoms with van der Waals surface area (Å²) in [6.07, 6.45) is 21.7. The fraction of sp³-hybridized carbons (Fsp3) is 0.926. The first kappa shape index (κ1) is 30.1. The van der Waals surface area contributed by atoms with Gasteiger partial charge in [-0.2, -0.15) is 10.2 Å². The van der Waals surface area contributed by atoms with E-state index >= 15 is 0 Å². The summed E-state index contributed by atoms with van der Waals surface area (Å²) in [5, 5.41) is 7.41. The van der Waals surface area contributed by atoms with E-state index in [9.17, 15) is 4.79 Å². The maximum absolute atomic E-state index is 12.4. The van der Waals surface area contributed by atoms with Gasteiger partial charge in [0, 0.05) is 36.1 Å². The molecule has 0 radical (unpaired) electrons. The first-order chi connectivity index (χ1) is 15.6. The van der Waals surface area contributed by atoms with Crippen LogP contribution < -0.4 is 11.7 Å². The Balaban J connectivity index is 2.07. The summed E-state index contributed by atoms with van der Waals surface area (Å²) in [6, 6.07) is 0. The Kier molecular flexibility index (Phi) is 14.4. The molecule has 1 fully saturated rings. The van der Waals surface area contributed by atoms with Crippen molar-refractivity contribution in [2.45, 2.75) is 161 Å². The van der Waals surface area contributed by atoms with Gasteiger partial charge in [0.1, 0.15) is 0 Å². The van der Waals surface area contributed by atoms with Gasteiger partial charge in [-0.1, -0.05) is 96.8 Å². The normalized spacial score (nSPS) is 17.8. The number of nitrogens with zero attached hydrogens (tertiary/aromatic N) is 3. The minimum absolute atomic E-state index is 0.0945. The summed E-state index contributed by atoms with van der Waals surface area (Å²) in [6.45, 7) is 10.7. The van der Waals surface area contributed by atoms with Gasteiger partial charge in [0.2, 0.25) is 0 Å². The third-order valence-electron chi connectivity index (χ3n) is 7.08. The SMILES string of the molecule is CCCCCCCCCCCCCCCCCC(=O)N(N)N=C1CC(C)(C)N(N)C(C)(C)C1. The molecule has 1 saturated heterocycles. The van der Waals surface area contributed by atoms with Crippen LogP contribution in [-0.4, -0.2) is 32.8 Å². The Morgan fingerprint density at radius 1 is 0.788 bits per heavy atom. The Labute approximate surface area is 204 Å². The largest absolute Gasteiger partial charge is 0.271 e. The minimum atomic E-state index is -0.210. The number of hydrogen-bond donors (Lipinski definition) is 2. The topological polar surface area (TPSA) is 88.0 Å². The van der Waals surface area contributed by atoms with Crippen LogP contribution in [0.4, 0.5) is 0 Å². The summed E-state index contributed by atoms with van der Waals surface area (Å²) in [4.78, 5) is 12.4. The third kappa shape index (κ3) is 12.3. The highest BCUT2D eigenvalue weighted by Crippen LogP contribution is 2.34. The number of unbranched alkanes of at least 4 members (excludes halogenated alkanes) is 14. The number of hydrazine groups is 2. The van der Waals surface area contributed by atoms with E-state index in [0.717, 1.165) is 23.7 Å². The Bertz CT molecular complexity index is 553. The molecule has 0 spiro atoms. The molecule has 1 amide bonds. The van der Waals surface area contributed by atoms with Gasteiger partial charge in [-0.3, -0.25) is 10.6 Å². The van der Waals surface area contributed by atoms with Crippen LogP contribution in [0, 0.1) is 0 Å². The number of hydrogen-bond acceptors (Lipinski definition) is 5. The molecule has 1 heterocycles. The molecular weight excluding hydrogens is 410 g/mol. The van der Waals surface area contributed by atoms with E-state index in [2.05, 4.69) is 39.7 Å². The first-order valence-corrected chi connectivity index (χ1v) is 13.8. The van der Waals surface area contributed by atoms with E-state index in [-0.39, 0.29) is 17.0 Å². The summed E-state index contributed by atoms with van der Waals surface area (Å²) < 4.78 is 0. The number of hydrazone groups is 1. The number of amides is 1. The zero-order valence-corrected chi connectivity index (χ0v) is 22.6. The highest BCUT2D eigenvalue weighted by molar-refractivity contribution is 5.88. The van der Waals surface area contributed by atoms with Gasteiger partial charge in [0.05, 0.1) is 0 Å². The van der Waals surface area contributed by atoms with Crippen molar-refractivity contribution in [3.8, 4) is 0 Å². The molecule has 1 rings (SSSR count). The smallest absolute Gasteiger partial charge is 0.257 e. The molecule has 0 unspecified atom stereocenters. The molecule has 0 atom stereocenters. The second-order valence-electron chi connectivity index (χ2n) is 11.5. The van der Waals surface area contributed by atoms with Gasteiger partial charge < -0.3 is 0 Å². The first-order valence-electron chi connectivity index (χ1n) is 13.8. The Morgan fingerprint density at radius 2 is 1.15 bits per heavy atom. The molecule has 0 aromatic rings. The zero-order chi connectivity index (χ0) is 24.7. The molecule has 0 bridgehead atoms. The van der Waals surface area contributed by atoms with Gasteiger partial charge in [-0.05, 0) is 34.1 Å². The number of carbonyl (C=O) groups is 1. The van der Waals surface area contributed by atoms with Crippen molar-refractivity contribution in [3.63, 3.8) is 0 Å². The van der Waals surface area contributed by atoms with Gasteiger partial charge in [-0.15, -0.1) is 0 Å².